The maximum Gasteiger partial charge on any atom is 0.0702 e. The van der Waals surface area contributed by atoms with Crippen LogP contribution in [0.15, 0.2) is 18.2 Å². The van der Waals surface area contributed by atoms with E-state index in [-0.39, 0.29) is 0 Å². The molecule has 2 rings (SSSR count). The lowest BCUT2D eigenvalue weighted by atomic mass is 10.1. The third-order valence-electron chi connectivity index (χ3n) is 3.40. The number of hydrogen-bond donors (Lipinski definition) is 1. The van der Waals surface area contributed by atoms with Gasteiger partial charge in [0.25, 0.3) is 0 Å². The van der Waals surface area contributed by atoms with Crippen LogP contribution in [0.2, 0.25) is 5.02 Å². The van der Waals surface area contributed by atoms with E-state index in [0.29, 0.717) is 16.8 Å². The maximum absolute atomic E-state index is 6.04. The van der Waals surface area contributed by atoms with Gasteiger partial charge < -0.3 is 10.5 Å². The molecule has 1 aliphatic rings. The van der Waals surface area contributed by atoms with E-state index in [2.05, 4.69) is 11.8 Å². The third-order valence-corrected chi connectivity index (χ3v) is 3.73. The lowest BCUT2D eigenvalue weighted by molar-refractivity contribution is 0.0725. The molecule has 2 N–H and O–H groups in total. The van der Waals surface area contributed by atoms with Crippen LogP contribution in [0.25, 0.3) is 0 Å². The van der Waals surface area contributed by atoms with Gasteiger partial charge in [-0.25, -0.2) is 0 Å². The second-order valence-corrected chi connectivity index (χ2v) is 5.23. The summed E-state index contributed by atoms with van der Waals surface area (Å²) in [6, 6.07) is 5.87. The fourth-order valence-corrected chi connectivity index (χ4v) is 2.51. The minimum absolute atomic E-state index is 0.397. The first kappa shape index (κ1) is 13.7. The van der Waals surface area contributed by atoms with Gasteiger partial charge >= 0.3 is 0 Å². The first-order valence-electron chi connectivity index (χ1n) is 6.57. The largest absolute Gasteiger partial charge is 0.398 e. The molecule has 1 aliphatic heterocycles. The monoisotopic (exact) mass is 268 g/mol. The van der Waals surface area contributed by atoms with Crippen molar-refractivity contribution in [1.29, 1.82) is 0 Å². The number of ether oxygens (including phenoxy) is 1. The Morgan fingerprint density at radius 2 is 2.33 bits per heavy atom. The molecule has 0 amide bonds. The highest BCUT2D eigenvalue weighted by atomic mass is 35.5. The maximum atomic E-state index is 6.04. The molecule has 4 heteroatoms. The predicted octanol–water partition coefficient (Wildman–Crippen LogP) is 2.92. The molecule has 0 aliphatic carbocycles. The summed E-state index contributed by atoms with van der Waals surface area (Å²) >= 11 is 6.04. The highest BCUT2D eigenvalue weighted by Gasteiger charge is 2.18. The van der Waals surface area contributed by atoms with Crippen LogP contribution in [-0.4, -0.2) is 30.7 Å². The number of nitrogen functional groups attached to an aromatic ring is 1. The molecule has 18 heavy (non-hydrogen) atoms. The molecule has 0 radical (unpaired) electrons. The van der Waals surface area contributed by atoms with Crippen LogP contribution >= 0.6 is 11.6 Å². The number of anilines is 1. The molecule has 1 unspecified atom stereocenters. The Balaban J connectivity index is 1.94. The Morgan fingerprint density at radius 1 is 1.50 bits per heavy atom. The summed E-state index contributed by atoms with van der Waals surface area (Å²) in [6.45, 7) is 6.00. The Kier molecular flexibility index (Phi) is 4.87. The number of hydrogen-bond acceptors (Lipinski definition) is 3. The van der Waals surface area contributed by atoms with Crippen LogP contribution in [0.5, 0.6) is 0 Å². The summed E-state index contributed by atoms with van der Waals surface area (Å²) in [5, 5.41) is 0.640. The van der Waals surface area contributed by atoms with Gasteiger partial charge in [0.05, 0.1) is 16.8 Å². The summed E-state index contributed by atoms with van der Waals surface area (Å²) in [5.74, 6) is 0. The van der Waals surface area contributed by atoms with Crippen LogP contribution in [0, 0.1) is 0 Å². The number of nitrogens with two attached hydrogens (primary N) is 1. The highest BCUT2D eigenvalue weighted by molar-refractivity contribution is 6.33. The fourth-order valence-electron chi connectivity index (χ4n) is 2.31. The lowest BCUT2D eigenvalue weighted by Gasteiger charge is -2.23. The summed E-state index contributed by atoms with van der Waals surface area (Å²) in [7, 11) is 0. The topological polar surface area (TPSA) is 38.5 Å². The Hall–Kier alpha value is -0.770. The Morgan fingerprint density at radius 3 is 2.94 bits per heavy atom. The number of likely N-dealkylation sites (N-methyl/N-ethyl adjacent to an activating group) is 1. The molecule has 1 heterocycles. The van der Waals surface area contributed by atoms with Crippen molar-refractivity contribution < 1.29 is 4.74 Å². The van der Waals surface area contributed by atoms with E-state index in [1.165, 1.54) is 18.4 Å². The van der Waals surface area contributed by atoms with Gasteiger partial charge in [-0.2, -0.15) is 0 Å². The van der Waals surface area contributed by atoms with Crippen molar-refractivity contribution in [1.82, 2.24) is 4.90 Å². The first-order chi connectivity index (χ1) is 8.69. The predicted molar refractivity (Wildman–Crippen MR) is 75.8 cm³/mol. The van der Waals surface area contributed by atoms with Crippen molar-refractivity contribution in [2.24, 2.45) is 0 Å². The molecular formula is C14H21ClN2O. The first-order valence-corrected chi connectivity index (χ1v) is 6.94. The summed E-state index contributed by atoms with van der Waals surface area (Å²) in [6.07, 6.45) is 2.77. The molecule has 0 aromatic heterocycles. The van der Waals surface area contributed by atoms with E-state index >= 15 is 0 Å². The summed E-state index contributed by atoms with van der Waals surface area (Å²) in [5.41, 5.74) is 7.56. The van der Waals surface area contributed by atoms with Crippen LogP contribution in [-0.2, 0) is 11.3 Å². The second kappa shape index (κ2) is 6.41. The van der Waals surface area contributed by atoms with Gasteiger partial charge in [0.15, 0.2) is 0 Å². The summed E-state index contributed by atoms with van der Waals surface area (Å²) in [4.78, 5) is 2.39. The SMILES string of the molecule is CCN(Cc1ccc(N)c(Cl)c1)CC1CCCO1. The van der Waals surface area contributed by atoms with Crippen LogP contribution in [0.3, 0.4) is 0 Å². The lowest BCUT2D eigenvalue weighted by Crippen LogP contribution is -2.31. The normalized spacial score (nSPS) is 19.6. The zero-order chi connectivity index (χ0) is 13.0. The molecule has 0 bridgehead atoms. The molecule has 0 spiro atoms. The van der Waals surface area contributed by atoms with Gasteiger partial charge in [-0.05, 0) is 37.1 Å². The Labute approximate surface area is 114 Å². The van der Waals surface area contributed by atoms with Gasteiger partial charge in [0.2, 0.25) is 0 Å². The molecule has 1 atom stereocenters. The third kappa shape index (κ3) is 3.61. The van der Waals surface area contributed by atoms with Gasteiger partial charge in [-0.1, -0.05) is 24.6 Å². The van der Waals surface area contributed by atoms with E-state index in [4.69, 9.17) is 22.1 Å². The Bertz CT molecular complexity index is 391. The quantitative estimate of drug-likeness (QED) is 0.835. The fraction of sp³-hybridized carbons (Fsp3) is 0.571. The molecular weight excluding hydrogens is 248 g/mol. The van der Waals surface area contributed by atoms with E-state index < -0.39 is 0 Å². The zero-order valence-electron chi connectivity index (χ0n) is 10.9. The molecule has 1 aromatic rings. The average Bonchev–Trinajstić information content (AvgIpc) is 2.86. The number of nitrogens with zero attached hydrogens (tertiary/aromatic N) is 1. The standard InChI is InChI=1S/C14H21ClN2O/c1-2-17(10-12-4-3-7-18-12)9-11-5-6-14(16)13(15)8-11/h5-6,8,12H,2-4,7,9-10,16H2,1H3. The number of halogens is 1. The van der Waals surface area contributed by atoms with Crippen molar-refractivity contribution >= 4 is 17.3 Å². The van der Waals surface area contributed by atoms with Crippen molar-refractivity contribution in [2.45, 2.75) is 32.4 Å². The average molecular weight is 269 g/mol. The van der Waals surface area contributed by atoms with Gasteiger partial charge in [0.1, 0.15) is 0 Å². The smallest absolute Gasteiger partial charge is 0.0702 e. The van der Waals surface area contributed by atoms with E-state index in [9.17, 15) is 0 Å². The van der Waals surface area contributed by atoms with Crippen molar-refractivity contribution in [3.05, 3.63) is 28.8 Å². The molecule has 1 saturated heterocycles. The van der Waals surface area contributed by atoms with Gasteiger partial charge in [0, 0.05) is 19.7 Å². The highest BCUT2D eigenvalue weighted by Crippen LogP contribution is 2.21. The summed E-state index contributed by atoms with van der Waals surface area (Å²) < 4.78 is 5.68. The van der Waals surface area contributed by atoms with Crippen LogP contribution in [0.1, 0.15) is 25.3 Å². The molecule has 1 fully saturated rings. The second-order valence-electron chi connectivity index (χ2n) is 4.82. The van der Waals surface area contributed by atoms with Gasteiger partial charge in [-0.3, -0.25) is 4.90 Å². The van der Waals surface area contributed by atoms with E-state index in [1.54, 1.807) is 0 Å². The van der Waals surface area contributed by atoms with Crippen LogP contribution < -0.4 is 5.73 Å². The number of rotatable bonds is 5. The molecule has 100 valence electrons. The van der Waals surface area contributed by atoms with Crippen molar-refractivity contribution in [2.75, 3.05) is 25.4 Å². The zero-order valence-corrected chi connectivity index (χ0v) is 11.6. The van der Waals surface area contributed by atoms with E-state index in [0.717, 1.165) is 26.2 Å². The van der Waals surface area contributed by atoms with E-state index in [1.807, 2.05) is 18.2 Å². The minimum Gasteiger partial charge on any atom is -0.398 e. The van der Waals surface area contributed by atoms with Crippen molar-refractivity contribution in [3.63, 3.8) is 0 Å². The molecule has 0 saturated carbocycles. The van der Waals surface area contributed by atoms with Crippen molar-refractivity contribution in [3.8, 4) is 0 Å². The molecule has 3 nitrogen and oxygen atoms in total. The van der Waals surface area contributed by atoms with Gasteiger partial charge in [-0.15, -0.1) is 0 Å². The molecule has 1 aromatic carbocycles. The number of benzene rings is 1. The van der Waals surface area contributed by atoms with Crippen LogP contribution in [0.4, 0.5) is 5.69 Å². The minimum atomic E-state index is 0.397.